The summed E-state index contributed by atoms with van der Waals surface area (Å²) in [5.41, 5.74) is -0.0760. The number of carbonyl (C=O) groups is 2. The van der Waals surface area contributed by atoms with Crippen LogP contribution in [0.15, 0.2) is 28.9 Å². The third-order valence-electron chi connectivity index (χ3n) is 6.55. The van der Waals surface area contributed by atoms with Gasteiger partial charge in [-0.1, -0.05) is 0 Å². The van der Waals surface area contributed by atoms with E-state index in [4.69, 9.17) is 9.15 Å². The van der Waals surface area contributed by atoms with Crippen molar-refractivity contribution in [1.82, 2.24) is 4.90 Å². The van der Waals surface area contributed by atoms with Crippen molar-refractivity contribution in [1.29, 1.82) is 0 Å². The molecule has 0 N–H and O–H groups in total. The maximum Gasteiger partial charge on any atom is 0.307 e. The molecule has 0 unspecified atom stereocenters. The Labute approximate surface area is 154 Å². The van der Waals surface area contributed by atoms with Crippen molar-refractivity contribution < 1.29 is 18.7 Å². The molecule has 0 radical (unpaired) electrons. The molecule has 5 rings (SSSR count). The molecule has 1 amide bonds. The molecule has 26 heavy (non-hydrogen) atoms. The van der Waals surface area contributed by atoms with Crippen LogP contribution in [0.5, 0.6) is 0 Å². The highest BCUT2D eigenvalue weighted by atomic mass is 16.5. The summed E-state index contributed by atoms with van der Waals surface area (Å²) in [4.78, 5) is 26.8. The first-order chi connectivity index (χ1) is 12.6. The lowest BCUT2D eigenvalue weighted by molar-refractivity contribution is -0.149. The number of ether oxygens (including phenoxy) is 1. The number of furan rings is 1. The lowest BCUT2D eigenvalue weighted by Crippen LogP contribution is -2.61. The SMILES string of the molecule is COC(=O)CCN(C(=O)/C=C/c1ccco1)C12CC3CC(CC(C3)C1)C2. The largest absolute Gasteiger partial charge is 0.469 e. The molecular formula is C21H27NO4. The minimum absolute atomic E-state index is 0.0211. The Balaban J connectivity index is 1.56. The Bertz CT molecular complexity index is 656. The van der Waals surface area contributed by atoms with Gasteiger partial charge in [-0.05, 0) is 74.5 Å². The van der Waals surface area contributed by atoms with E-state index in [1.165, 1.54) is 26.4 Å². The van der Waals surface area contributed by atoms with Gasteiger partial charge in [-0.15, -0.1) is 0 Å². The van der Waals surface area contributed by atoms with Crippen molar-refractivity contribution in [2.45, 2.75) is 50.5 Å². The van der Waals surface area contributed by atoms with Crippen LogP contribution in [0, 0.1) is 17.8 Å². The molecule has 0 atom stereocenters. The summed E-state index contributed by atoms with van der Waals surface area (Å²) in [5, 5.41) is 0. The summed E-state index contributed by atoms with van der Waals surface area (Å²) < 4.78 is 10.1. The topological polar surface area (TPSA) is 59.8 Å². The molecule has 4 aliphatic rings. The highest BCUT2D eigenvalue weighted by Crippen LogP contribution is 2.57. The fourth-order valence-electron chi connectivity index (χ4n) is 5.91. The van der Waals surface area contributed by atoms with E-state index in [1.807, 2.05) is 11.0 Å². The number of rotatable bonds is 6. The van der Waals surface area contributed by atoms with E-state index in [9.17, 15) is 9.59 Å². The molecule has 4 bridgehead atoms. The first-order valence-electron chi connectivity index (χ1n) is 9.68. The molecule has 4 aliphatic carbocycles. The van der Waals surface area contributed by atoms with Gasteiger partial charge in [-0.2, -0.15) is 0 Å². The highest BCUT2D eigenvalue weighted by Gasteiger charge is 2.54. The summed E-state index contributed by atoms with van der Waals surface area (Å²) >= 11 is 0. The van der Waals surface area contributed by atoms with Gasteiger partial charge in [0.25, 0.3) is 0 Å². The Morgan fingerprint density at radius 3 is 2.42 bits per heavy atom. The Kier molecular flexibility index (Phi) is 4.63. The molecule has 5 nitrogen and oxygen atoms in total. The fourth-order valence-corrected chi connectivity index (χ4v) is 5.91. The van der Waals surface area contributed by atoms with Crippen LogP contribution < -0.4 is 0 Å². The Hall–Kier alpha value is -2.04. The number of methoxy groups -OCH3 is 1. The number of nitrogens with zero attached hydrogens (tertiary/aromatic N) is 1. The predicted octanol–water partition coefficient (Wildman–Crippen LogP) is 3.65. The molecule has 1 aromatic heterocycles. The molecule has 0 aliphatic heterocycles. The van der Waals surface area contributed by atoms with Crippen molar-refractivity contribution in [3.05, 3.63) is 30.2 Å². The van der Waals surface area contributed by atoms with E-state index < -0.39 is 0 Å². The van der Waals surface area contributed by atoms with Gasteiger partial charge < -0.3 is 14.1 Å². The van der Waals surface area contributed by atoms with Crippen LogP contribution >= 0.6 is 0 Å². The molecule has 4 saturated carbocycles. The normalized spacial score (nSPS) is 32.1. The van der Waals surface area contributed by atoms with Crippen molar-refractivity contribution in [2.24, 2.45) is 17.8 Å². The highest BCUT2D eigenvalue weighted by molar-refractivity contribution is 5.92. The molecule has 0 saturated heterocycles. The Morgan fingerprint density at radius 2 is 1.88 bits per heavy atom. The average molecular weight is 357 g/mol. The smallest absolute Gasteiger partial charge is 0.307 e. The van der Waals surface area contributed by atoms with Crippen LogP contribution in [-0.4, -0.2) is 36.0 Å². The van der Waals surface area contributed by atoms with Crippen LogP contribution in [-0.2, 0) is 14.3 Å². The van der Waals surface area contributed by atoms with Crippen LogP contribution in [0.1, 0.15) is 50.7 Å². The second-order valence-electron chi connectivity index (χ2n) is 8.31. The molecule has 4 fully saturated rings. The molecule has 0 spiro atoms. The first kappa shape index (κ1) is 17.4. The van der Waals surface area contributed by atoms with Gasteiger partial charge in [-0.25, -0.2) is 0 Å². The third kappa shape index (κ3) is 3.31. The zero-order valence-corrected chi connectivity index (χ0v) is 15.4. The second-order valence-corrected chi connectivity index (χ2v) is 8.31. The lowest BCUT2D eigenvalue weighted by Gasteiger charge is -2.60. The summed E-state index contributed by atoms with van der Waals surface area (Å²) in [5.74, 6) is 2.60. The van der Waals surface area contributed by atoms with Crippen LogP contribution in [0.4, 0.5) is 0 Å². The van der Waals surface area contributed by atoms with Crippen molar-refractivity contribution >= 4 is 18.0 Å². The van der Waals surface area contributed by atoms with Gasteiger partial charge in [0, 0.05) is 18.2 Å². The first-order valence-corrected chi connectivity index (χ1v) is 9.68. The number of esters is 1. The van der Waals surface area contributed by atoms with Crippen molar-refractivity contribution in [3.8, 4) is 0 Å². The quantitative estimate of drug-likeness (QED) is 0.576. The van der Waals surface area contributed by atoms with Gasteiger partial charge in [-0.3, -0.25) is 9.59 Å². The van der Waals surface area contributed by atoms with E-state index in [0.29, 0.717) is 12.3 Å². The van der Waals surface area contributed by atoms with Gasteiger partial charge >= 0.3 is 5.97 Å². The maximum absolute atomic E-state index is 13.1. The molecule has 140 valence electrons. The molecule has 5 heteroatoms. The van der Waals surface area contributed by atoms with E-state index in [-0.39, 0.29) is 23.8 Å². The van der Waals surface area contributed by atoms with E-state index in [0.717, 1.165) is 37.0 Å². The van der Waals surface area contributed by atoms with Gasteiger partial charge in [0.05, 0.1) is 19.8 Å². The van der Waals surface area contributed by atoms with Crippen LogP contribution in [0.2, 0.25) is 0 Å². The predicted molar refractivity (Wildman–Crippen MR) is 97.0 cm³/mol. The van der Waals surface area contributed by atoms with E-state index in [2.05, 4.69) is 0 Å². The van der Waals surface area contributed by atoms with Gasteiger partial charge in [0.2, 0.25) is 5.91 Å². The minimum atomic E-state index is -0.262. The zero-order chi connectivity index (χ0) is 18.1. The summed E-state index contributed by atoms with van der Waals surface area (Å²) in [6, 6.07) is 3.63. The molecule has 1 heterocycles. The van der Waals surface area contributed by atoms with Crippen molar-refractivity contribution in [3.63, 3.8) is 0 Å². The van der Waals surface area contributed by atoms with Crippen LogP contribution in [0.3, 0.4) is 0 Å². The molecular weight excluding hydrogens is 330 g/mol. The van der Waals surface area contributed by atoms with Gasteiger partial charge in [0.1, 0.15) is 5.76 Å². The number of carbonyl (C=O) groups excluding carboxylic acids is 2. The second kappa shape index (κ2) is 6.93. The zero-order valence-electron chi connectivity index (χ0n) is 15.4. The number of hydrogen-bond donors (Lipinski definition) is 0. The minimum Gasteiger partial charge on any atom is -0.469 e. The Morgan fingerprint density at radius 1 is 1.23 bits per heavy atom. The third-order valence-corrected chi connectivity index (χ3v) is 6.55. The van der Waals surface area contributed by atoms with E-state index >= 15 is 0 Å². The number of hydrogen-bond acceptors (Lipinski definition) is 4. The summed E-state index contributed by atoms with van der Waals surface area (Å²) in [6.45, 7) is 0.431. The van der Waals surface area contributed by atoms with Gasteiger partial charge in [0.15, 0.2) is 0 Å². The lowest BCUT2D eigenvalue weighted by atomic mass is 9.52. The van der Waals surface area contributed by atoms with Crippen LogP contribution in [0.25, 0.3) is 6.08 Å². The summed E-state index contributed by atoms with van der Waals surface area (Å²) in [7, 11) is 1.40. The fraction of sp³-hybridized carbons (Fsp3) is 0.619. The molecule has 0 aromatic carbocycles. The van der Waals surface area contributed by atoms with Crippen molar-refractivity contribution in [2.75, 3.05) is 13.7 Å². The maximum atomic E-state index is 13.1. The summed E-state index contributed by atoms with van der Waals surface area (Å²) in [6.07, 6.45) is 12.4. The monoisotopic (exact) mass is 357 g/mol. The number of amides is 1. The standard InChI is InChI=1S/C21H27NO4/c1-25-20(24)6-7-22(19(23)5-4-18-3-2-8-26-18)21-12-15-9-16(13-21)11-17(10-15)14-21/h2-5,8,15-17H,6-7,9-14H2,1H3/b5-4+. The van der Waals surface area contributed by atoms with E-state index in [1.54, 1.807) is 24.5 Å². The average Bonchev–Trinajstić information content (AvgIpc) is 3.12. The molecule has 1 aromatic rings.